The fourth-order valence-electron chi connectivity index (χ4n) is 1.63. The maximum Gasteiger partial charge on any atom is 0.178 e. The second kappa shape index (κ2) is 4.51. The first-order valence-corrected chi connectivity index (χ1v) is 6.02. The van der Waals surface area contributed by atoms with Crippen molar-refractivity contribution in [3.63, 3.8) is 0 Å². The maximum absolute atomic E-state index is 5.11. The Morgan fingerprint density at radius 2 is 2.33 bits per heavy atom. The summed E-state index contributed by atoms with van der Waals surface area (Å²) in [6.45, 7) is 0.386. The number of nitrogens with one attached hydrogen (secondary N) is 1. The van der Waals surface area contributed by atoms with E-state index in [1.165, 1.54) is 0 Å². The molecule has 0 bridgehead atoms. The van der Waals surface area contributed by atoms with Crippen LogP contribution in [0.15, 0.2) is 27.3 Å². The molecule has 0 saturated heterocycles. The maximum atomic E-state index is 5.11. The van der Waals surface area contributed by atoms with Gasteiger partial charge in [0, 0.05) is 23.8 Å². The van der Waals surface area contributed by atoms with Crippen molar-refractivity contribution in [2.24, 2.45) is 0 Å². The first-order chi connectivity index (χ1) is 8.76. The predicted molar refractivity (Wildman–Crippen MR) is 67.8 cm³/mol. The zero-order valence-electron chi connectivity index (χ0n) is 9.48. The monoisotopic (exact) mass is 308 g/mol. The van der Waals surface area contributed by atoms with Crippen LogP contribution >= 0.6 is 15.9 Å². The largest absolute Gasteiger partial charge is 0.377 e. The molecule has 6 nitrogen and oxygen atoms in total. The van der Waals surface area contributed by atoms with Crippen LogP contribution in [-0.2, 0) is 11.3 Å². The summed E-state index contributed by atoms with van der Waals surface area (Å²) in [4.78, 5) is 11.7. The lowest BCUT2D eigenvalue weighted by molar-refractivity contribution is 0.156. The van der Waals surface area contributed by atoms with Crippen LogP contribution < -0.4 is 0 Å². The zero-order chi connectivity index (χ0) is 12.5. The molecule has 18 heavy (non-hydrogen) atoms. The molecule has 3 rings (SSSR count). The Labute approximate surface area is 110 Å². The van der Waals surface area contributed by atoms with E-state index in [0.717, 1.165) is 9.99 Å². The van der Waals surface area contributed by atoms with Crippen molar-refractivity contribution >= 4 is 27.1 Å². The number of rotatable bonds is 3. The van der Waals surface area contributed by atoms with E-state index in [9.17, 15) is 0 Å². The fourth-order valence-corrected chi connectivity index (χ4v) is 1.96. The molecule has 3 heterocycles. The molecule has 0 radical (unpaired) electrons. The molecular formula is C11H9BrN4O2. The minimum absolute atomic E-state index is 0.386. The van der Waals surface area contributed by atoms with Gasteiger partial charge in [0.25, 0.3) is 0 Å². The van der Waals surface area contributed by atoms with Crippen LogP contribution in [-0.4, -0.2) is 27.2 Å². The second-order valence-corrected chi connectivity index (χ2v) is 4.64. The average Bonchev–Trinajstić information content (AvgIpc) is 2.94. The van der Waals surface area contributed by atoms with Gasteiger partial charge < -0.3 is 14.2 Å². The molecule has 0 aliphatic heterocycles. The van der Waals surface area contributed by atoms with Crippen molar-refractivity contribution in [3.8, 4) is 11.5 Å². The average molecular weight is 309 g/mol. The highest BCUT2D eigenvalue weighted by atomic mass is 79.9. The molecule has 1 N–H and O–H groups in total. The lowest BCUT2D eigenvalue weighted by Gasteiger charge is -1.87. The molecule has 0 aromatic carbocycles. The van der Waals surface area contributed by atoms with Gasteiger partial charge in [-0.25, -0.2) is 9.97 Å². The van der Waals surface area contributed by atoms with Crippen molar-refractivity contribution in [2.45, 2.75) is 6.61 Å². The summed E-state index contributed by atoms with van der Waals surface area (Å²) in [5.41, 5.74) is 2.12. The van der Waals surface area contributed by atoms with Gasteiger partial charge in [0.05, 0.1) is 5.52 Å². The number of methoxy groups -OCH3 is 1. The molecule has 0 aliphatic carbocycles. The number of aromatic nitrogens is 4. The molecule has 0 atom stereocenters. The van der Waals surface area contributed by atoms with Crippen LogP contribution in [0, 0.1) is 0 Å². The number of pyridine rings is 1. The van der Waals surface area contributed by atoms with Crippen LogP contribution in [0.25, 0.3) is 22.7 Å². The highest BCUT2D eigenvalue weighted by Gasteiger charge is 2.11. The molecule has 7 heteroatoms. The third-order valence-electron chi connectivity index (χ3n) is 2.39. The molecule has 3 aromatic rings. The summed E-state index contributed by atoms with van der Waals surface area (Å²) in [6.07, 6.45) is 1.70. The summed E-state index contributed by atoms with van der Waals surface area (Å²) in [5.74, 6) is 1.28. The smallest absolute Gasteiger partial charge is 0.178 e. The third kappa shape index (κ3) is 2.02. The van der Waals surface area contributed by atoms with Gasteiger partial charge in [-0.1, -0.05) is 5.16 Å². The van der Waals surface area contributed by atoms with E-state index < -0.39 is 0 Å². The van der Waals surface area contributed by atoms with Gasteiger partial charge in [0.1, 0.15) is 12.3 Å². The number of hydrogen-bond acceptors (Lipinski definition) is 5. The lowest BCUT2D eigenvalue weighted by atomic mass is 10.3. The van der Waals surface area contributed by atoms with E-state index in [-0.39, 0.29) is 0 Å². The van der Waals surface area contributed by atoms with Gasteiger partial charge in [0.15, 0.2) is 17.2 Å². The zero-order valence-corrected chi connectivity index (χ0v) is 11.1. The summed E-state index contributed by atoms with van der Waals surface area (Å²) in [7, 11) is 1.60. The Morgan fingerprint density at radius 3 is 3.17 bits per heavy atom. The van der Waals surface area contributed by atoms with Gasteiger partial charge in [-0.2, -0.15) is 0 Å². The summed E-state index contributed by atoms with van der Waals surface area (Å²) in [6, 6.07) is 3.70. The van der Waals surface area contributed by atoms with E-state index in [1.807, 2.05) is 6.07 Å². The van der Waals surface area contributed by atoms with Crippen LogP contribution in [0.3, 0.4) is 0 Å². The minimum Gasteiger partial charge on any atom is -0.377 e. The number of H-pyrrole nitrogens is 1. The Hall–Kier alpha value is -1.73. The van der Waals surface area contributed by atoms with Crippen LogP contribution in [0.2, 0.25) is 0 Å². The number of halogens is 1. The van der Waals surface area contributed by atoms with Crippen molar-refractivity contribution < 1.29 is 9.26 Å². The number of aromatic amines is 1. The molecule has 92 valence electrons. The van der Waals surface area contributed by atoms with E-state index in [2.05, 4.69) is 36.0 Å². The Bertz CT molecular complexity index is 691. The van der Waals surface area contributed by atoms with E-state index in [1.54, 1.807) is 19.4 Å². The molecule has 3 aromatic heterocycles. The van der Waals surface area contributed by atoms with Crippen molar-refractivity contribution in [1.29, 1.82) is 0 Å². The molecular weight excluding hydrogens is 300 g/mol. The van der Waals surface area contributed by atoms with E-state index in [4.69, 9.17) is 9.26 Å². The topological polar surface area (TPSA) is 76.8 Å². The normalized spacial score (nSPS) is 11.2. The quantitative estimate of drug-likeness (QED) is 0.804. The van der Waals surface area contributed by atoms with Gasteiger partial charge in [-0.3, -0.25) is 0 Å². The van der Waals surface area contributed by atoms with Gasteiger partial charge >= 0.3 is 0 Å². The number of ether oxygens (including phenoxy) is 1. The third-order valence-corrected chi connectivity index (χ3v) is 2.83. The number of nitrogens with zero attached hydrogens (tertiary/aromatic N) is 3. The highest BCUT2D eigenvalue weighted by molar-refractivity contribution is 9.10. The summed E-state index contributed by atoms with van der Waals surface area (Å²) >= 11 is 3.36. The first-order valence-electron chi connectivity index (χ1n) is 5.22. The number of hydrogen-bond donors (Lipinski definition) is 1. The highest BCUT2D eigenvalue weighted by Crippen LogP contribution is 2.21. The number of fused-ring (bicyclic) bond motifs is 1. The first kappa shape index (κ1) is 11.4. The molecule has 0 saturated carbocycles. The van der Waals surface area contributed by atoms with Gasteiger partial charge in [-0.15, -0.1) is 0 Å². The lowest BCUT2D eigenvalue weighted by Crippen LogP contribution is -1.82. The number of imidazole rings is 1. The molecule has 0 spiro atoms. The van der Waals surface area contributed by atoms with Crippen molar-refractivity contribution in [1.82, 2.24) is 20.1 Å². The Kier molecular flexibility index (Phi) is 2.85. The van der Waals surface area contributed by atoms with Crippen molar-refractivity contribution in [3.05, 3.63) is 28.6 Å². The molecule has 0 unspecified atom stereocenters. The van der Waals surface area contributed by atoms with Crippen LogP contribution in [0.4, 0.5) is 0 Å². The van der Waals surface area contributed by atoms with Crippen molar-refractivity contribution in [2.75, 3.05) is 7.11 Å². The van der Waals surface area contributed by atoms with Crippen LogP contribution in [0.5, 0.6) is 0 Å². The van der Waals surface area contributed by atoms with E-state index in [0.29, 0.717) is 29.5 Å². The van der Waals surface area contributed by atoms with E-state index >= 15 is 0 Å². The minimum atomic E-state index is 0.386. The second-order valence-electron chi connectivity index (χ2n) is 3.72. The fraction of sp³-hybridized carbons (Fsp3) is 0.182. The summed E-state index contributed by atoms with van der Waals surface area (Å²) in [5, 5.41) is 3.93. The van der Waals surface area contributed by atoms with Crippen LogP contribution in [0.1, 0.15) is 5.76 Å². The SMILES string of the molecule is COCc1cc(-c2nc3ncc(Br)cc3[nH]2)no1. The Morgan fingerprint density at radius 1 is 1.44 bits per heavy atom. The Balaban J connectivity index is 2.02. The van der Waals surface area contributed by atoms with Gasteiger partial charge in [0.2, 0.25) is 0 Å². The summed E-state index contributed by atoms with van der Waals surface area (Å²) < 4.78 is 11.0. The molecule has 0 fully saturated rings. The predicted octanol–water partition coefficient (Wildman–Crippen LogP) is 2.52. The molecule has 0 aliphatic rings. The molecule has 0 amide bonds. The van der Waals surface area contributed by atoms with Gasteiger partial charge in [-0.05, 0) is 22.0 Å². The standard InChI is InChI=1S/C11H9BrN4O2/c1-17-5-7-3-9(16-18-7)11-14-8-2-6(12)4-13-10(8)15-11/h2-4H,5H2,1H3,(H,13,14,15).